The van der Waals surface area contributed by atoms with E-state index in [1.54, 1.807) is 0 Å². The molecule has 1 unspecified atom stereocenters. The first-order valence-electron chi connectivity index (χ1n) is 5.37. The molecule has 5 nitrogen and oxygen atoms in total. The average Bonchev–Trinajstić information content (AvgIpc) is 2.26. The van der Waals surface area contributed by atoms with Crippen molar-refractivity contribution >= 4 is 11.9 Å². The summed E-state index contributed by atoms with van der Waals surface area (Å²) in [6, 6.07) is -1.00. The Labute approximate surface area is 89.0 Å². The van der Waals surface area contributed by atoms with Crippen molar-refractivity contribution in [2.24, 2.45) is 11.7 Å². The van der Waals surface area contributed by atoms with Crippen LogP contribution in [0.5, 0.6) is 0 Å². The molecule has 0 spiro atoms. The Morgan fingerprint density at radius 1 is 1.33 bits per heavy atom. The second kappa shape index (κ2) is 5.70. The van der Waals surface area contributed by atoms with Gasteiger partial charge in [-0.25, -0.2) is 0 Å². The molecule has 1 saturated carbocycles. The van der Waals surface area contributed by atoms with Gasteiger partial charge in [0.05, 0.1) is 0 Å². The largest absolute Gasteiger partial charge is 0.480 e. The normalized spacial score (nSPS) is 19.5. The van der Waals surface area contributed by atoms with Crippen molar-refractivity contribution in [3.8, 4) is 0 Å². The van der Waals surface area contributed by atoms with Crippen LogP contribution in [0.25, 0.3) is 0 Å². The monoisotopic (exact) mass is 214 g/mol. The average molecular weight is 214 g/mol. The predicted octanol–water partition coefficient (Wildman–Crippen LogP) is 0.0948. The van der Waals surface area contributed by atoms with Gasteiger partial charge < -0.3 is 16.2 Å². The molecule has 0 aromatic carbocycles. The van der Waals surface area contributed by atoms with Gasteiger partial charge in [-0.05, 0) is 12.8 Å². The molecule has 0 aliphatic heterocycles. The van der Waals surface area contributed by atoms with Gasteiger partial charge in [0, 0.05) is 12.5 Å². The Bertz CT molecular complexity index is 237. The molecule has 0 aromatic heterocycles. The van der Waals surface area contributed by atoms with Crippen molar-refractivity contribution in [2.75, 3.05) is 6.54 Å². The lowest BCUT2D eigenvalue weighted by molar-refractivity contribution is -0.138. The molecule has 15 heavy (non-hydrogen) atoms. The number of nitrogens with two attached hydrogens (primary N) is 1. The number of carbonyl (C=O) groups is 2. The van der Waals surface area contributed by atoms with Gasteiger partial charge in [0.1, 0.15) is 6.04 Å². The molecule has 0 bridgehead atoms. The highest BCUT2D eigenvalue weighted by atomic mass is 16.4. The number of hydrogen-bond donors (Lipinski definition) is 3. The molecular weight excluding hydrogens is 196 g/mol. The quantitative estimate of drug-likeness (QED) is 0.618. The van der Waals surface area contributed by atoms with Gasteiger partial charge in [0.2, 0.25) is 5.91 Å². The number of carboxylic acids is 1. The smallest absolute Gasteiger partial charge is 0.322 e. The standard InChI is InChI=1S/C10H18N2O3/c11-8(10(14)15)6-12-9(13)7-4-2-1-3-5-7/h7-8H,1-6,11H2,(H,12,13)(H,14,15). The topological polar surface area (TPSA) is 92.4 Å². The highest BCUT2D eigenvalue weighted by molar-refractivity contribution is 5.80. The van der Waals surface area contributed by atoms with Crippen LogP contribution in [0.4, 0.5) is 0 Å². The fourth-order valence-corrected chi connectivity index (χ4v) is 1.81. The summed E-state index contributed by atoms with van der Waals surface area (Å²) in [4.78, 5) is 22.0. The molecule has 1 rings (SSSR count). The zero-order chi connectivity index (χ0) is 11.3. The Balaban J connectivity index is 2.25. The molecule has 1 amide bonds. The van der Waals surface area contributed by atoms with Crippen LogP contribution in [0.3, 0.4) is 0 Å². The summed E-state index contributed by atoms with van der Waals surface area (Å²) in [6.45, 7) is 0.0185. The van der Waals surface area contributed by atoms with Gasteiger partial charge in [-0.2, -0.15) is 0 Å². The number of amides is 1. The van der Waals surface area contributed by atoms with Crippen LogP contribution in [0.15, 0.2) is 0 Å². The second-order valence-corrected chi connectivity index (χ2v) is 4.02. The van der Waals surface area contributed by atoms with Gasteiger partial charge in [0.15, 0.2) is 0 Å². The summed E-state index contributed by atoms with van der Waals surface area (Å²) in [6.07, 6.45) is 5.19. The molecule has 1 aliphatic rings. The van der Waals surface area contributed by atoms with Crippen molar-refractivity contribution < 1.29 is 14.7 Å². The first-order chi connectivity index (χ1) is 7.11. The van der Waals surface area contributed by atoms with E-state index in [0.29, 0.717) is 0 Å². The van der Waals surface area contributed by atoms with Crippen LogP contribution in [0.2, 0.25) is 0 Å². The Kier molecular flexibility index (Phi) is 4.55. The molecule has 86 valence electrons. The van der Waals surface area contributed by atoms with Crippen LogP contribution in [0.1, 0.15) is 32.1 Å². The molecule has 1 aliphatic carbocycles. The van der Waals surface area contributed by atoms with E-state index >= 15 is 0 Å². The molecule has 1 atom stereocenters. The Morgan fingerprint density at radius 2 is 1.93 bits per heavy atom. The van der Waals surface area contributed by atoms with Gasteiger partial charge >= 0.3 is 5.97 Å². The summed E-state index contributed by atoms with van der Waals surface area (Å²) in [5.74, 6) is -1.08. The first kappa shape index (κ1) is 12.0. The lowest BCUT2D eigenvalue weighted by atomic mass is 9.88. The lowest BCUT2D eigenvalue weighted by Crippen LogP contribution is -2.44. The van der Waals surface area contributed by atoms with E-state index in [4.69, 9.17) is 10.8 Å². The van der Waals surface area contributed by atoms with Crippen LogP contribution in [0, 0.1) is 5.92 Å². The number of carbonyl (C=O) groups excluding carboxylic acids is 1. The van der Waals surface area contributed by atoms with Gasteiger partial charge in [0.25, 0.3) is 0 Å². The van der Waals surface area contributed by atoms with E-state index in [1.165, 1.54) is 6.42 Å². The minimum atomic E-state index is -1.08. The summed E-state index contributed by atoms with van der Waals surface area (Å²) >= 11 is 0. The van der Waals surface area contributed by atoms with Crippen LogP contribution >= 0.6 is 0 Å². The third-order valence-electron chi connectivity index (χ3n) is 2.79. The van der Waals surface area contributed by atoms with E-state index in [-0.39, 0.29) is 18.4 Å². The van der Waals surface area contributed by atoms with Crippen LogP contribution < -0.4 is 11.1 Å². The third kappa shape index (κ3) is 3.87. The lowest BCUT2D eigenvalue weighted by Gasteiger charge is -2.21. The minimum Gasteiger partial charge on any atom is -0.480 e. The van der Waals surface area contributed by atoms with Crippen LogP contribution in [-0.2, 0) is 9.59 Å². The third-order valence-corrected chi connectivity index (χ3v) is 2.79. The van der Waals surface area contributed by atoms with E-state index in [1.807, 2.05) is 0 Å². The number of nitrogens with one attached hydrogen (secondary N) is 1. The molecule has 1 fully saturated rings. The molecule has 0 saturated heterocycles. The summed E-state index contributed by atoms with van der Waals surface area (Å²) in [7, 11) is 0. The number of rotatable bonds is 4. The maximum Gasteiger partial charge on any atom is 0.322 e. The fourth-order valence-electron chi connectivity index (χ4n) is 1.81. The van der Waals surface area contributed by atoms with Crippen molar-refractivity contribution in [1.29, 1.82) is 0 Å². The number of aliphatic carboxylic acids is 1. The molecule has 0 radical (unpaired) electrons. The van der Waals surface area contributed by atoms with Crippen LogP contribution in [-0.4, -0.2) is 29.6 Å². The van der Waals surface area contributed by atoms with Crippen molar-refractivity contribution in [3.05, 3.63) is 0 Å². The maximum absolute atomic E-state index is 11.6. The summed E-state index contributed by atoms with van der Waals surface area (Å²) in [5.41, 5.74) is 5.28. The maximum atomic E-state index is 11.6. The zero-order valence-corrected chi connectivity index (χ0v) is 8.74. The van der Waals surface area contributed by atoms with Gasteiger partial charge in [-0.3, -0.25) is 9.59 Å². The highest BCUT2D eigenvalue weighted by Gasteiger charge is 2.22. The Hall–Kier alpha value is -1.10. The number of carboxylic acid groups (broad SMARTS) is 1. The summed E-state index contributed by atoms with van der Waals surface area (Å²) in [5, 5.41) is 11.1. The van der Waals surface area contributed by atoms with Crippen molar-refractivity contribution in [2.45, 2.75) is 38.1 Å². The number of hydrogen-bond acceptors (Lipinski definition) is 3. The molecule has 4 N–H and O–H groups in total. The molecule has 0 heterocycles. The van der Waals surface area contributed by atoms with E-state index < -0.39 is 12.0 Å². The van der Waals surface area contributed by atoms with E-state index in [0.717, 1.165) is 25.7 Å². The minimum absolute atomic E-state index is 0.0185. The summed E-state index contributed by atoms with van der Waals surface area (Å²) < 4.78 is 0. The van der Waals surface area contributed by atoms with Gasteiger partial charge in [-0.15, -0.1) is 0 Å². The second-order valence-electron chi connectivity index (χ2n) is 4.02. The highest BCUT2D eigenvalue weighted by Crippen LogP contribution is 2.23. The fraction of sp³-hybridized carbons (Fsp3) is 0.800. The molecule has 0 aromatic rings. The van der Waals surface area contributed by atoms with Crippen molar-refractivity contribution in [3.63, 3.8) is 0 Å². The van der Waals surface area contributed by atoms with Crippen molar-refractivity contribution in [1.82, 2.24) is 5.32 Å². The SMILES string of the molecule is NC(CNC(=O)C1CCCCC1)C(=O)O. The Morgan fingerprint density at radius 3 is 2.47 bits per heavy atom. The van der Waals surface area contributed by atoms with E-state index in [2.05, 4.69) is 5.32 Å². The zero-order valence-electron chi connectivity index (χ0n) is 8.74. The molecule has 5 heteroatoms. The molecular formula is C10H18N2O3. The first-order valence-corrected chi connectivity index (χ1v) is 5.37. The predicted molar refractivity (Wildman–Crippen MR) is 55.2 cm³/mol. The van der Waals surface area contributed by atoms with E-state index in [9.17, 15) is 9.59 Å². The van der Waals surface area contributed by atoms with Gasteiger partial charge in [-0.1, -0.05) is 19.3 Å².